The van der Waals surface area contributed by atoms with Crippen molar-refractivity contribution in [2.45, 2.75) is 32.4 Å². The van der Waals surface area contributed by atoms with Crippen LogP contribution in [0.1, 0.15) is 36.2 Å². The van der Waals surface area contributed by atoms with Gasteiger partial charge in [0.05, 0.1) is 4.47 Å². The lowest BCUT2D eigenvalue weighted by molar-refractivity contribution is 0.500. The number of hydrogen-bond donors (Lipinski definition) is 1. The van der Waals surface area contributed by atoms with Crippen molar-refractivity contribution in [3.8, 4) is 0 Å². The van der Waals surface area contributed by atoms with Crippen LogP contribution in [0.4, 0.5) is 4.39 Å². The van der Waals surface area contributed by atoms with Crippen LogP contribution in [0.2, 0.25) is 0 Å². The van der Waals surface area contributed by atoms with Crippen LogP contribution in [0.15, 0.2) is 40.2 Å². The van der Waals surface area contributed by atoms with Crippen LogP contribution in [0.25, 0.3) is 0 Å². The molecule has 0 aliphatic rings. The number of nitrogens with one attached hydrogen (secondary N) is 1. The largest absolute Gasteiger partial charge is 0.305 e. The Morgan fingerprint density at radius 1 is 1.37 bits per heavy atom. The average Bonchev–Trinajstić information content (AvgIpc) is 2.92. The van der Waals surface area contributed by atoms with Crippen molar-refractivity contribution in [1.82, 2.24) is 5.32 Å². The molecule has 0 spiro atoms. The van der Waals surface area contributed by atoms with Crippen molar-refractivity contribution >= 4 is 27.3 Å². The topological polar surface area (TPSA) is 12.0 Å². The Hall–Kier alpha value is -0.710. The Morgan fingerprint density at radius 3 is 2.84 bits per heavy atom. The number of thiophene rings is 1. The molecule has 1 aromatic carbocycles. The van der Waals surface area contributed by atoms with Crippen molar-refractivity contribution in [3.63, 3.8) is 0 Å². The molecule has 0 amide bonds. The summed E-state index contributed by atoms with van der Waals surface area (Å²) in [4.78, 5) is 1.36. The first kappa shape index (κ1) is 14.7. The summed E-state index contributed by atoms with van der Waals surface area (Å²) in [7, 11) is 0. The van der Waals surface area contributed by atoms with Crippen molar-refractivity contribution in [1.29, 1.82) is 0 Å². The molecular weight excluding hydrogens is 325 g/mol. The lowest BCUT2D eigenvalue weighted by Gasteiger charge is -2.17. The molecule has 0 aliphatic carbocycles. The maximum atomic E-state index is 13.2. The zero-order chi connectivity index (χ0) is 13.7. The lowest BCUT2D eigenvalue weighted by Crippen LogP contribution is -2.20. The maximum absolute atomic E-state index is 13.2. The smallest absolute Gasteiger partial charge is 0.137 e. The van der Waals surface area contributed by atoms with Crippen molar-refractivity contribution < 1.29 is 4.39 Å². The van der Waals surface area contributed by atoms with E-state index < -0.39 is 0 Å². The van der Waals surface area contributed by atoms with Crippen LogP contribution in [-0.2, 0) is 6.54 Å². The standard InChI is InChI=1S/C15H17BrFNS/c1-2-4-14(15-5-3-8-19-15)18-10-11-6-7-13(17)12(16)9-11/h3,5-9,14,18H,2,4,10H2,1H3. The van der Waals surface area contributed by atoms with Gasteiger partial charge in [0.15, 0.2) is 0 Å². The van der Waals surface area contributed by atoms with Crippen LogP contribution in [0.5, 0.6) is 0 Å². The molecule has 1 nitrogen and oxygen atoms in total. The number of rotatable bonds is 6. The summed E-state index contributed by atoms with van der Waals surface area (Å²) in [5.41, 5.74) is 1.09. The summed E-state index contributed by atoms with van der Waals surface area (Å²) in [5.74, 6) is -0.216. The van der Waals surface area contributed by atoms with Crippen molar-refractivity contribution in [2.75, 3.05) is 0 Å². The van der Waals surface area contributed by atoms with E-state index in [2.05, 4.69) is 45.7 Å². The zero-order valence-corrected chi connectivity index (χ0v) is 13.2. The van der Waals surface area contributed by atoms with E-state index in [0.717, 1.165) is 24.9 Å². The van der Waals surface area contributed by atoms with E-state index in [1.54, 1.807) is 11.3 Å². The second-order valence-corrected chi connectivity index (χ2v) is 6.32. The van der Waals surface area contributed by atoms with Gasteiger partial charge in [0, 0.05) is 17.5 Å². The van der Waals surface area contributed by atoms with Crippen molar-refractivity contribution in [2.24, 2.45) is 0 Å². The van der Waals surface area contributed by atoms with Gasteiger partial charge in [0.1, 0.15) is 5.82 Å². The van der Waals surface area contributed by atoms with Gasteiger partial charge in [-0.3, -0.25) is 0 Å². The Balaban J connectivity index is 2.00. The number of hydrogen-bond acceptors (Lipinski definition) is 2. The number of benzene rings is 1. The molecule has 4 heteroatoms. The second kappa shape index (κ2) is 7.17. The molecular formula is C15H17BrFNS. The molecule has 1 unspecified atom stereocenters. The van der Waals surface area contributed by atoms with Crippen LogP contribution >= 0.6 is 27.3 Å². The minimum atomic E-state index is -0.216. The van der Waals surface area contributed by atoms with Gasteiger partial charge in [-0.2, -0.15) is 0 Å². The van der Waals surface area contributed by atoms with Gasteiger partial charge in [-0.15, -0.1) is 11.3 Å². The van der Waals surface area contributed by atoms with Gasteiger partial charge in [-0.25, -0.2) is 4.39 Å². The summed E-state index contributed by atoms with van der Waals surface area (Å²) in [5, 5.41) is 5.66. The summed E-state index contributed by atoms with van der Waals surface area (Å²) >= 11 is 5.00. The molecule has 1 heterocycles. The quantitative estimate of drug-likeness (QED) is 0.753. The van der Waals surface area contributed by atoms with Crippen LogP contribution in [0.3, 0.4) is 0 Å². The highest BCUT2D eigenvalue weighted by molar-refractivity contribution is 9.10. The van der Waals surface area contributed by atoms with E-state index >= 15 is 0 Å². The second-order valence-electron chi connectivity index (χ2n) is 4.49. The summed E-state index contributed by atoms with van der Waals surface area (Å²) in [6.07, 6.45) is 2.26. The SMILES string of the molecule is CCCC(NCc1ccc(F)c(Br)c1)c1cccs1. The van der Waals surface area contributed by atoms with Crippen LogP contribution < -0.4 is 5.32 Å². The zero-order valence-electron chi connectivity index (χ0n) is 10.8. The van der Waals surface area contributed by atoms with Crippen molar-refractivity contribution in [3.05, 3.63) is 56.4 Å². The number of halogens is 2. The Kier molecular flexibility index (Phi) is 5.55. The maximum Gasteiger partial charge on any atom is 0.137 e. The van der Waals surface area contributed by atoms with Gasteiger partial charge in [0.25, 0.3) is 0 Å². The molecule has 1 N–H and O–H groups in total. The summed E-state index contributed by atoms with van der Waals surface area (Å²) in [6.45, 7) is 2.94. The molecule has 1 aromatic heterocycles. The molecule has 0 saturated carbocycles. The predicted molar refractivity (Wildman–Crippen MR) is 82.9 cm³/mol. The fourth-order valence-electron chi connectivity index (χ4n) is 2.01. The van der Waals surface area contributed by atoms with Gasteiger partial charge < -0.3 is 5.32 Å². The Morgan fingerprint density at radius 2 is 2.21 bits per heavy atom. The highest BCUT2D eigenvalue weighted by atomic mass is 79.9. The third-order valence-electron chi connectivity index (χ3n) is 3.00. The van der Waals surface area contributed by atoms with E-state index in [4.69, 9.17) is 0 Å². The molecule has 19 heavy (non-hydrogen) atoms. The minimum absolute atomic E-state index is 0.216. The monoisotopic (exact) mass is 341 g/mol. The molecule has 2 rings (SSSR count). The highest BCUT2D eigenvalue weighted by Gasteiger charge is 2.11. The third-order valence-corrected chi connectivity index (χ3v) is 4.59. The van der Waals surface area contributed by atoms with E-state index in [1.807, 2.05) is 12.1 Å². The fourth-order valence-corrected chi connectivity index (χ4v) is 3.28. The molecule has 0 radical (unpaired) electrons. The Bertz CT molecular complexity index is 513. The molecule has 102 valence electrons. The average molecular weight is 342 g/mol. The molecule has 0 fully saturated rings. The lowest BCUT2D eigenvalue weighted by atomic mass is 10.1. The normalized spacial score (nSPS) is 12.6. The highest BCUT2D eigenvalue weighted by Crippen LogP contribution is 2.24. The van der Waals surface area contributed by atoms with E-state index in [0.29, 0.717) is 10.5 Å². The van der Waals surface area contributed by atoms with E-state index in [9.17, 15) is 4.39 Å². The summed E-state index contributed by atoms with van der Waals surface area (Å²) < 4.78 is 13.7. The van der Waals surface area contributed by atoms with E-state index in [-0.39, 0.29) is 5.82 Å². The Labute approximate surface area is 126 Å². The molecule has 0 aliphatic heterocycles. The first-order chi connectivity index (χ1) is 9.20. The molecule has 2 aromatic rings. The molecule has 1 atom stereocenters. The van der Waals surface area contributed by atoms with Gasteiger partial charge in [-0.05, 0) is 51.5 Å². The van der Waals surface area contributed by atoms with Crippen LogP contribution in [0, 0.1) is 5.82 Å². The minimum Gasteiger partial charge on any atom is -0.305 e. The van der Waals surface area contributed by atoms with Gasteiger partial charge >= 0.3 is 0 Å². The van der Waals surface area contributed by atoms with Crippen LogP contribution in [-0.4, -0.2) is 0 Å². The van der Waals surface area contributed by atoms with E-state index in [1.165, 1.54) is 10.9 Å². The first-order valence-corrected chi connectivity index (χ1v) is 8.08. The van der Waals surface area contributed by atoms with Gasteiger partial charge in [0.2, 0.25) is 0 Å². The molecule has 0 saturated heterocycles. The molecule has 0 bridgehead atoms. The first-order valence-electron chi connectivity index (χ1n) is 6.41. The fraction of sp³-hybridized carbons (Fsp3) is 0.333. The predicted octanol–water partition coefficient (Wildman–Crippen LogP) is 5.28. The summed E-state index contributed by atoms with van der Waals surface area (Å²) in [6, 6.07) is 9.79. The third kappa shape index (κ3) is 4.13. The van der Waals surface area contributed by atoms with Gasteiger partial charge in [-0.1, -0.05) is 25.5 Å².